The van der Waals surface area contributed by atoms with Crippen LogP contribution < -0.4 is 10.3 Å². The molecule has 4 rings (SSSR count). The van der Waals surface area contributed by atoms with Gasteiger partial charge in [0.15, 0.2) is 0 Å². The lowest BCUT2D eigenvalue weighted by Crippen LogP contribution is -2.18. The number of ether oxygens (including phenoxy) is 1. The molecule has 2 heterocycles. The van der Waals surface area contributed by atoms with Gasteiger partial charge in [0, 0.05) is 55.2 Å². The molecule has 0 radical (unpaired) electrons. The van der Waals surface area contributed by atoms with Gasteiger partial charge in [-0.2, -0.15) is 0 Å². The van der Waals surface area contributed by atoms with E-state index in [1.165, 1.54) is 0 Å². The molecule has 0 spiro atoms. The number of rotatable bonds is 4. The number of hydrogen-bond acceptors (Lipinski definition) is 4. The van der Waals surface area contributed by atoms with Crippen LogP contribution in [-0.4, -0.2) is 15.3 Å². The third-order valence-electron chi connectivity index (χ3n) is 5.16. The fraction of sp³-hybridized carbons (Fsp3) is 0.261. The Balaban J connectivity index is 1.76. The van der Waals surface area contributed by atoms with Gasteiger partial charge < -0.3 is 9.30 Å². The highest BCUT2D eigenvalue weighted by molar-refractivity contribution is 5.85. The zero-order chi connectivity index (χ0) is 19.7. The summed E-state index contributed by atoms with van der Waals surface area (Å²) < 4.78 is 7.73. The first kappa shape index (κ1) is 18.2. The van der Waals surface area contributed by atoms with E-state index in [0.29, 0.717) is 25.0 Å². The van der Waals surface area contributed by atoms with Crippen LogP contribution in [0.1, 0.15) is 28.7 Å². The second kappa shape index (κ2) is 7.43. The minimum Gasteiger partial charge on any atom is -0.489 e. The van der Waals surface area contributed by atoms with Crippen molar-refractivity contribution in [2.75, 3.05) is 0 Å². The van der Waals surface area contributed by atoms with E-state index in [1.54, 1.807) is 24.0 Å². The minimum atomic E-state index is 0.000331. The third-order valence-corrected chi connectivity index (χ3v) is 5.16. The lowest BCUT2D eigenvalue weighted by Gasteiger charge is -2.21. The van der Waals surface area contributed by atoms with Gasteiger partial charge in [-0.15, -0.1) is 0 Å². The molecule has 1 aromatic carbocycles. The molecule has 0 unspecified atom stereocenters. The zero-order valence-corrected chi connectivity index (χ0v) is 16.1. The summed E-state index contributed by atoms with van der Waals surface area (Å²) in [7, 11) is 1.76. The predicted molar refractivity (Wildman–Crippen MR) is 107 cm³/mol. The maximum Gasteiger partial charge on any atom is 0.253 e. The number of fused-ring (bicyclic) bond motifs is 1. The molecule has 0 amide bonds. The Morgan fingerprint density at radius 2 is 2.00 bits per heavy atom. The summed E-state index contributed by atoms with van der Waals surface area (Å²) in [6.07, 6.45) is 7.03. The largest absolute Gasteiger partial charge is 0.489 e. The molecule has 0 saturated heterocycles. The summed E-state index contributed by atoms with van der Waals surface area (Å²) >= 11 is 0. The number of hydrogen-bond donors (Lipinski definition) is 0. The first-order valence-electron chi connectivity index (χ1n) is 9.38. The number of Topliss-reactive ketones (excluding diaryl/α,β-unsaturated/α-hetero) is 1. The Morgan fingerprint density at radius 3 is 2.75 bits per heavy atom. The van der Waals surface area contributed by atoms with Crippen LogP contribution in [-0.2, 0) is 31.3 Å². The Hall–Kier alpha value is -3.21. The summed E-state index contributed by atoms with van der Waals surface area (Å²) in [5, 5.41) is 0. The van der Waals surface area contributed by atoms with Crippen LogP contribution in [0.25, 0.3) is 11.1 Å². The van der Waals surface area contributed by atoms with Crippen molar-refractivity contribution >= 4 is 5.78 Å². The molecule has 5 nitrogen and oxygen atoms in total. The Labute approximate surface area is 163 Å². The summed E-state index contributed by atoms with van der Waals surface area (Å²) in [6, 6.07) is 9.85. The number of ketones is 1. The van der Waals surface area contributed by atoms with Crippen molar-refractivity contribution in [3.63, 3.8) is 0 Å². The van der Waals surface area contributed by atoms with Crippen molar-refractivity contribution in [2.24, 2.45) is 7.05 Å². The summed E-state index contributed by atoms with van der Waals surface area (Å²) in [5.74, 6) is 0.973. The highest BCUT2D eigenvalue weighted by Gasteiger charge is 2.21. The normalized spacial score (nSPS) is 13.3. The number of carbonyl (C=O) groups excluding carboxylic acids is 1. The molecule has 0 N–H and O–H groups in total. The van der Waals surface area contributed by atoms with Gasteiger partial charge in [0.05, 0.1) is 0 Å². The van der Waals surface area contributed by atoms with Gasteiger partial charge in [0.1, 0.15) is 18.1 Å². The van der Waals surface area contributed by atoms with Crippen LogP contribution in [0.5, 0.6) is 5.75 Å². The lowest BCUT2D eigenvalue weighted by molar-refractivity contribution is -0.118. The van der Waals surface area contributed by atoms with Crippen LogP contribution in [0.4, 0.5) is 0 Å². The van der Waals surface area contributed by atoms with E-state index in [1.807, 2.05) is 37.4 Å². The van der Waals surface area contributed by atoms with Gasteiger partial charge in [0.25, 0.3) is 5.56 Å². The first-order chi connectivity index (χ1) is 13.5. The minimum absolute atomic E-state index is 0.000331. The number of aryl methyl sites for hydroxylation is 3. The van der Waals surface area contributed by atoms with E-state index in [4.69, 9.17) is 4.74 Å². The van der Waals surface area contributed by atoms with Gasteiger partial charge >= 0.3 is 0 Å². The summed E-state index contributed by atoms with van der Waals surface area (Å²) in [6.45, 7) is 2.22. The van der Waals surface area contributed by atoms with Crippen molar-refractivity contribution in [2.45, 2.75) is 32.8 Å². The maximum atomic E-state index is 12.0. The molecule has 0 fully saturated rings. The standard InChI is InChI=1S/C23H22N2O3/c1-15-8-19(13-25(2)23(15)27)18-9-17-5-6-20(26)11-21(17)22(10-18)28-14-16-4-3-7-24-12-16/h3-4,7-10,12-13H,5-6,11,14H2,1-2H3. The van der Waals surface area contributed by atoms with Crippen LogP contribution in [0, 0.1) is 6.92 Å². The molecule has 2 aromatic heterocycles. The van der Waals surface area contributed by atoms with Crippen molar-refractivity contribution in [3.05, 3.63) is 81.5 Å². The van der Waals surface area contributed by atoms with Gasteiger partial charge in [-0.1, -0.05) is 12.1 Å². The number of aromatic nitrogens is 2. The van der Waals surface area contributed by atoms with Crippen molar-refractivity contribution in [3.8, 4) is 16.9 Å². The number of pyridine rings is 2. The van der Waals surface area contributed by atoms with E-state index in [0.717, 1.165) is 40.0 Å². The van der Waals surface area contributed by atoms with Crippen molar-refractivity contribution in [1.82, 2.24) is 9.55 Å². The van der Waals surface area contributed by atoms with Gasteiger partial charge in [0.2, 0.25) is 0 Å². The second-order valence-corrected chi connectivity index (χ2v) is 7.31. The summed E-state index contributed by atoms with van der Waals surface area (Å²) in [5.41, 5.74) is 5.75. The lowest BCUT2D eigenvalue weighted by atomic mass is 9.87. The van der Waals surface area contributed by atoms with Crippen LogP contribution >= 0.6 is 0 Å². The molecule has 0 saturated carbocycles. The van der Waals surface area contributed by atoms with Crippen LogP contribution in [0.2, 0.25) is 0 Å². The number of nitrogens with zero attached hydrogens (tertiary/aromatic N) is 2. The molecule has 1 aliphatic rings. The predicted octanol–water partition coefficient (Wildman–Crippen LogP) is 3.39. The number of carbonyl (C=O) groups is 1. The topological polar surface area (TPSA) is 61.2 Å². The molecule has 5 heteroatoms. The SMILES string of the molecule is Cc1cc(-c2cc3c(c(OCc4cccnc4)c2)CC(=O)CC3)cn(C)c1=O. The van der Waals surface area contributed by atoms with Gasteiger partial charge in [-0.05, 0) is 48.2 Å². The molecule has 0 bridgehead atoms. The van der Waals surface area contributed by atoms with Crippen molar-refractivity contribution < 1.29 is 9.53 Å². The molecule has 3 aromatic rings. The molecular weight excluding hydrogens is 352 g/mol. The fourth-order valence-electron chi connectivity index (χ4n) is 3.66. The maximum absolute atomic E-state index is 12.0. The highest BCUT2D eigenvalue weighted by atomic mass is 16.5. The smallest absolute Gasteiger partial charge is 0.253 e. The highest BCUT2D eigenvalue weighted by Crippen LogP contribution is 2.34. The zero-order valence-electron chi connectivity index (χ0n) is 16.1. The fourth-order valence-corrected chi connectivity index (χ4v) is 3.66. The summed E-state index contributed by atoms with van der Waals surface area (Å²) in [4.78, 5) is 28.2. The van der Waals surface area contributed by atoms with Crippen LogP contribution in [0.15, 0.2) is 53.7 Å². The average molecular weight is 374 g/mol. The third kappa shape index (κ3) is 3.60. The Morgan fingerprint density at radius 1 is 1.14 bits per heavy atom. The van der Waals surface area contributed by atoms with E-state index < -0.39 is 0 Å². The van der Waals surface area contributed by atoms with Gasteiger partial charge in [-0.25, -0.2) is 0 Å². The molecule has 0 atom stereocenters. The van der Waals surface area contributed by atoms with Crippen LogP contribution in [0.3, 0.4) is 0 Å². The van der Waals surface area contributed by atoms with E-state index >= 15 is 0 Å². The van der Waals surface area contributed by atoms with E-state index in [9.17, 15) is 9.59 Å². The van der Waals surface area contributed by atoms with Crippen molar-refractivity contribution in [1.29, 1.82) is 0 Å². The second-order valence-electron chi connectivity index (χ2n) is 7.31. The quantitative estimate of drug-likeness (QED) is 0.702. The molecule has 0 aliphatic heterocycles. The molecular formula is C23H22N2O3. The molecule has 28 heavy (non-hydrogen) atoms. The Bertz CT molecular complexity index is 1070. The van der Waals surface area contributed by atoms with E-state index in [-0.39, 0.29) is 11.3 Å². The first-order valence-corrected chi connectivity index (χ1v) is 9.38. The molecule has 1 aliphatic carbocycles. The van der Waals surface area contributed by atoms with E-state index in [2.05, 4.69) is 11.1 Å². The Kier molecular flexibility index (Phi) is 4.82. The average Bonchev–Trinajstić information content (AvgIpc) is 2.70. The molecule has 142 valence electrons. The van der Waals surface area contributed by atoms with Gasteiger partial charge in [-0.3, -0.25) is 14.6 Å². The number of benzene rings is 1. The monoisotopic (exact) mass is 374 g/mol.